The topological polar surface area (TPSA) is 84.4 Å². The maximum atomic E-state index is 9.03. The smallest absolute Gasteiger partial charge is 0.251 e. The first-order valence-corrected chi connectivity index (χ1v) is 10.3. The fourth-order valence-electron chi connectivity index (χ4n) is 1.95. The quantitative estimate of drug-likeness (QED) is 0.511. The lowest BCUT2D eigenvalue weighted by Crippen LogP contribution is -2.21. The molecule has 0 rings (SSSR count). The van der Waals surface area contributed by atoms with Crippen LogP contribution in [0.3, 0.4) is 0 Å². The fourth-order valence-corrected chi connectivity index (χ4v) is 5.86. The van der Waals surface area contributed by atoms with Gasteiger partial charge in [0.05, 0.1) is 18.5 Å². The summed E-state index contributed by atoms with van der Waals surface area (Å²) in [6.07, 6.45) is 11.7. The molecule has 3 N–H and O–H groups in total. The predicted molar refractivity (Wildman–Crippen MR) is 89.6 cm³/mol. The molecule has 124 valence electrons. The van der Waals surface area contributed by atoms with Gasteiger partial charge in [-0.05, 0) is 19.3 Å². The second-order valence-corrected chi connectivity index (χ2v) is 9.89. The van der Waals surface area contributed by atoms with Crippen molar-refractivity contribution in [3.63, 3.8) is 0 Å². The van der Waals surface area contributed by atoms with Gasteiger partial charge in [0, 0.05) is 21.0 Å². The summed E-state index contributed by atoms with van der Waals surface area (Å²) >= 11 is 0. The van der Waals surface area contributed by atoms with Crippen LogP contribution in [0.5, 0.6) is 0 Å². The van der Waals surface area contributed by atoms with E-state index in [1.165, 1.54) is 38.5 Å². The fraction of sp³-hybridized carbons (Fsp3) is 0.933. The molecule has 0 atom stereocenters. The second-order valence-electron chi connectivity index (χ2n) is 5.31. The number of rotatable bonds is 9. The molecule has 0 amide bonds. The van der Waals surface area contributed by atoms with E-state index in [0.717, 1.165) is 7.11 Å². The highest BCUT2D eigenvalue weighted by Gasteiger charge is 2.28. The van der Waals surface area contributed by atoms with Crippen LogP contribution in [0.25, 0.3) is 0 Å². The molecule has 0 aliphatic heterocycles. The van der Waals surface area contributed by atoms with Crippen molar-refractivity contribution in [3.8, 4) is 0 Å². The highest BCUT2D eigenvalue weighted by molar-refractivity contribution is 7.75. The Balaban J connectivity index is -0.000000414. The standard InChI is InChI=1S/C13H30P.C2H4O3.H3N/c1-5-8-11-14(4,12-9-6-2)13-10-7-3;1-5-2(3)4;/h5-13H2,1-4H3;1H3,(H,3,4);1H3/q+1;;/p-1. The molecule has 0 fully saturated rings. The normalized spacial score (nSPS) is 10.1. The number of methoxy groups -OCH3 is 1. The summed E-state index contributed by atoms with van der Waals surface area (Å²) in [5.41, 5.74) is 0. The van der Waals surface area contributed by atoms with Gasteiger partial charge >= 0.3 is 0 Å². The van der Waals surface area contributed by atoms with Crippen LogP contribution >= 0.6 is 7.26 Å². The van der Waals surface area contributed by atoms with Gasteiger partial charge in [-0.2, -0.15) is 0 Å². The average molecular weight is 309 g/mol. The van der Waals surface area contributed by atoms with Crippen LogP contribution in [-0.4, -0.2) is 38.4 Å². The van der Waals surface area contributed by atoms with Crippen molar-refractivity contribution in [2.24, 2.45) is 0 Å². The number of carboxylic acid groups (broad SMARTS) is 1. The highest BCUT2D eigenvalue weighted by atomic mass is 31.2. The molecule has 0 aliphatic rings. The van der Waals surface area contributed by atoms with E-state index in [0.29, 0.717) is 0 Å². The molecular formula is C15H36NO3P. The van der Waals surface area contributed by atoms with Crippen LogP contribution in [0.15, 0.2) is 0 Å². The van der Waals surface area contributed by atoms with Gasteiger partial charge in [-0.3, -0.25) is 0 Å². The summed E-state index contributed by atoms with van der Waals surface area (Å²) in [7, 11) is 0.518. The van der Waals surface area contributed by atoms with Gasteiger partial charge < -0.3 is 20.8 Å². The summed E-state index contributed by atoms with van der Waals surface area (Å²) in [4.78, 5) is 9.03. The van der Waals surface area contributed by atoms with Gasteiger partial charge in [0.25, 0.3) is 6.16 Å². The maximum absolute atomic E-state index is 9.03. The molecule has 0 saturated carbocycles. The van der Waals surface area contributed by atoms with E-state index in [4.69, 9.17) is 9.90 Å². The van der Waals surface area contributed by atoms with Crippen molar-refractivity contribution in [1.29, 1.82) is 0 Å². The van der Waals surface area contributed by atoms with E-state index in [-0.39, 0.29) is 6.15 Å². The van der Waals surface area contributed by atoms with Crippen LogP contribution in [-0.2, 0) is 4.74 Å². The Kier molecular flexibility index (Phi) is 20.6. The first-order chi connectivity index (χ1) is 8.95. The third-order valence-electron chi connectivity index (χ3n) is 3.32. The van der Waals surface area contributed by atoms with Crippen molar-refractivity contribution in [3.05, 3.63) is 0 Å². The first kappa shape index (κ1) is 24.7. The lowest BCUT2D eigenvalue weighted by Gasteiger charge is -2.22. The molecule has 4 nitrogen and oxygen atoms in total. The Labute approximate surface area is 126 Å². The van der Waals surface area contributed by atoms with E-state index >= 15 is 0 Å². The van der Waals surface area contributed by atoms with Crippen LogP contribution < -0.4 is 11.3 Å². The molecule has 0 aliphatic carbocycles. The van der Waals surface area contributed by atoms with Crippen molar-refractivity contribution in [1.82, 2.24) is 6.15 Å². The largest absolute Gasteiger partial charge is 0.553 e. The molecule has 0 heterocycles. The summed E-state index contributed by atoms with van der Waals surface area (Å²) < 4.78 is 3.56. The number of carbonyl (C=O) groups is 1. The molecule has 0 radical (unpaired) electrons. The number of unbranched alkanes of at least 4 members (excludes halogenated alkanes) is 3. The average Bonchev–Trinajstić information content (AvgIpc) is 2.41. The summed E-state index contributed by atoms with van der Waals surface area (Å²) in [6.45, 7) is 9.59. The van der Waals surface area contributed by atoms with Gasteiger partial charge in [0.2, 0.25) is 0 Å². The van der Waals surface area contributed by atoms with E-state index in [2.05, 4.69) is 32.2 Å². The highest BCUT2D eigenvalue weighted by Crippen LogP contribution is 2.57. The van der Waals surface area contributed by atoms with Gasteiger partial charge in [0.1, 0.15) is 0 Å². The predicted octanol–water partition coefficient (Wildman–Crippen LogP) is 4.17. The van der Waals surface area contributed by atoms with Gasteiger partial charge in [-0.1, -0.05) is 40.0 Å². The lowest BCUT2D eigenvalue weighted by atomic mass is 10.4. The molecule has 0 bridgehead atoms. The molecule has 0 aromatic carbocycles. The van der Waals surface area contributed by atoms with Crippen molar-refractivity contribution >= 4 is 13.4 Å². The first-order valence-electron chi connectivity index (χ1n) is 7.54. The Hall–Kier alpha value is -0.340. The minimum atomic E-state index is -1.50. The number of hydrogen-bond acceptors (Lipinski definition) is 4. The maximum Gasteiger partial charge on any atom is 0.251 e. The van der Waals surface area contributed by atoms with Crippen molar-refractivity contribution in [2.75, 3.05) is 32.3 Å². The van der Waals surface area contributed by atoms with E-state index in [9.17, 15) is 0 Å². The molecule has 5 heteroatoms. The van der Waals surface area contributed by atoms with E-state index < -0.39 is 13.4 Å². The molecule has 0 aromatic heterocycles. The SMILES string of the molecule is CCCC[P+](C)(CCCC)CCCC.COC(=O)[O-].N. The lowest BCUT2D eigenvalue weighted by molar-refractivity contribution is -0.279. The Bertz CT molecular complexity index is 192. The monoisotopic (exact) mass is 309 g/mol. The third-order valence-corrected chi connectivity index (χ3v) is 7.51. The van der Waals surface area contributed by atoms with Gasteiger partial charge in [0.15, 0.2) is 0 Å². The Morgan fingerprint density at radius 1 is 0.950 bits per heavy atom. The Morgan fingerprint density at radius 2 is 1.20 bits per heavy atom. The van der Waals surface area contributed by atoms with E-state index in [1.54, 1.807) is 18.5 Å². The summed E-state index contributed by atoms with van der Waals surface area (Å²) in [5.74, 6) is 0. The summed E-state index contributed by atoms with van der Waals surface area (Å²) in [5, 5.41) is 9.03. The molecular weight excluding hydrogens is 273 g/mol. The van der Waals surface area contributed by atoms with Crippen LogP contribution in [0.4, 0.5) is 4.79 Å². The van der Waals surface area contributed by atoms with Crippen LogP contribution in [0.1, 0.15) is 59.3 Å². The molecule has 0 unspecified atom stereocenters. The zero-order chi connectivity index (χ0) is 15.1. The number of carbonyl (C=O) groups excluding carboxylic acids is 1. The van der Waals surface area contributed by atoms with Gasteiger partial charge in [-0.25, -0.2) is 0 Å². The molecule has 20 heavy (non-hydrogen) atoms. The molecule has 0 saturated heterocycles. The van der Waals surface area contributed by atoms with Crippen molar-refractivity contribution in [2.45, 2.75) is 59.3 Å². The zero-order valence-corrected chi connectivity index (χ0v) is 15.1. The molecule has 0 aromatic rings. The minimum Gasteiger partial charge on any atom is -0.553 e. The number of hydrogen-bond donors (Lipinski definition) is 1. The molecule has 0 spiro atoms. The van der Waals surface area contributed by atoms with Crippen LogP contribution in [0.2, 0.25) is 0 Å². The third kappa shape index (κ3) is 17.7. The minimum absolute atomic E-state index is 0. The second kappa shape index (κ2) is 16.7. The van der Waals surface area contributed by atoms with E-state index in [1.807, 2.05) is 0 Å². The van der Waals surface area contributed by atoms with Crippen LogP contribution in [0, 0.1) is 0 Å². The van der Waals surface area contributed by atoms with Crippen molar-refractivity contribution < 1.29 is 14.6 Å². The summed E-state index contributed by atoms with van der Waals surface area (Å²) in [6, 6.07) is 0. The Morgan fingerprint density at radius 3 is 1.35 bits per heavy atom. The zero-order valence-electron chi connectivity index (χ0n) is 14.2. The number of ether oxygens (including phenoxy) is 1. The van der Waals surface area contributed by atoms with Gasteiger partial charge in [-0.15, -0.1) is 0 Å².